The van der Waals surface area contributed by atoms with Gasteiger partial charge in [0, 0.05) is 11.9 Å². The molecular weight excluding hydrogens is 310 g/mol. The zero-order chi connectivity index (χ0) is 15.6. The van der Waals surface area contributed by atoms with Gasteiger partial charge in [0.15, 0.2) is 5.82 Å². The number of halogens is 1. The van der Waals surface area contributed by atoms with Crippen LogP contribution < -0.4 is 10.6 Å². The monoisotopic (exact) mass is 323 g/mol. The zero-order valence-corrected chi connectivity index (χ0v) is 13.0. The van der Waals surface area contributed by atoms with E-state index in [2.05, 4.69) is 37.7 Å². The number of fused-ring (bicyclic) bond motifs is 6. The van der Waals surface area contributed by atoms with Crippen molar-refractivity contribution in [3.63, 3.8) is 0 Å². The highest BCUT2D eigenvalue weighted by molar-refractivity contribution is 6.32. The van der Waals surface area contributed by atoms with E-state index in [-0.39, 0.29) is 0 Å². The lowest BCUT2D eigenvalue weighted by Gasteiger charge is -2.10. The molecule has 0 aliphatic carbocycles. The lowest BCUT2D eigenvalue weighted by molar-refractivity contribution is 0.956. The Morgan fingerprint density at radius 2 is 1.83 bits per heavy atom. The van der Waals surface area contributed by atoms with Gasteiger partial charge < -0.3 is 10.6 Å². The van der Waals surface area contributed by atoms with Crippen molar-refractivity contribution in [2.45, 2.75) is 12.8 Å². The summed E-state index contributed by atoms with van der Waals surface area (Å²) in [6.07, 6.45) is 5.27. The molecule has 0 saturated carbocycles. The number of benzene rings is 1. The first-order valence-corrected chi connectivity index (χ1v) is 7.74. The predicted octanol–water partition coefficient (Wildman–Crippen LogP) is 4.11. The van der Waals surface area contributed by atoms with Crippen LogP contribution in [-0.4, -0.2) is 15.0 Å². The number of hydrogen-bond donors (Lipinski definition) is 2. The van der Waals surface area contributed by atoms with Gasteiger partial charge in [-0.3, -0.25) is 0 Å². The van der Waals surface area contributed by atoms with Gasteiger partial charge in [0.05, 0.1) is 6.20 Å². The second-order valence-corrected chi connectivity index (χ2v) is 5.80. The third-order valence-electron chi connectivity index (χ3n) is 3.70. The van der Waals surface area contributed by atoms with Crippen molar-refractivity contribution in [1.82, 2.24) is 15.0 Å². The molecule has 0 amide bonds. The minimum atomic E-state index is 0.456. The molecule has 2 aromatic heterocycles. The lowest BCUT2D eigenvalue weighted by atomic mass is 10.0. The summed E-state index contributed by atoms with van der Waals surface area (Å²) in [5.74, 6) is 1.75. The Kier molecular flexibility index (Phi) is 3.55. The maximum atomic E-state index is 6.20. The molecular formula is C17H14ClN5. The zero-order valence-electron chi connectivity index (χ0n) is 12.3. The number of nitrogens with one attached hydrogen (secondary N) is 2. The van der Waals surface area contributed by atoms with Crippen molar-refractivity contribution >= 4 is 34.9 Å². The van der Waals surface area contributed by atoms with E-state index >= 15 is 0 Å². The van der Waals surface area contributed by atoms with Crippen LogP contribution in [0.25, 0.3) is 0 Å². The van der Waals surface area contributed by atoms with E-state index in [1.807, 2.05) is 24.3 Å². The van der Waals surface area contributed by atoms with Gasteiger partial charge in [-0.2, -0.15) is 4.98 Å². The Morgan fingerprint density at radius 3 is 2.74 bits per heavy atom. The standard InChI is InChI=1S/C17H14ClN5/c18-14-10-20-17-22-15-9-12(6-7-19-15)5-4-11-2-1-3-13(8-11)21-16(14)23-17/h1-3,6-10H,4-5H2,(H2,19,20,21,22,23). The molecule has 6 bridgehead atoms. The van der Waals surface area contributed by atoms with Crippen LogP contribution in [0.2, 0.25) is 5.02 Å². The van der Waals surface area contributed by atoms with Gasteiger partial charge in [-0.25, -0.2) is 9.97 Å². The summed E-state index contributed by atoms with van der Waals surface area (Å²) in [6, 6.07) is 12.3. The van der Waals surface area contributed by atoms with E-state index in [0.717, 1.165) is 24.3 Å². The number of rotatable bonds is 0. The number of aryl methyl sites for hydroxylation is 2. The highest BCUT2D eigenvalue weighted by Crippen LogP contribution is 2.26. The van der Waals surface area contributed by atoms with Crippen molar-refractivity contribution < 1.29 is 0 Å². The van der Waals surface area contributed by atoms with Gasteiger partial charge >= 0.3 is 0 Å². The van der Waals surface area contributed by atoms with Crippen LogP contribution in [-0.2, 0) is 12.8 Å². The van der Waals surface area contributed by atoms with E-state index in [4.69, 9.17) is 11.6 Å². The van der Waals surface area contributed by atoms with Crippen LogP contribution in [0.15, 0.2) is 48.8 Å². The van der Waals surface area contributed by atoms with Gasteiger partial charge in [-0.05, 0) is 48.2 Å². The molecule has 1 aliphatic rings. The maximum Gasteiger partial charge on any atom is 0.230 e. The van der Waals surface area contributed by atoms with Crippen molar-refractivity contribution in [2.24, 2.45) is 0 Å². The van der Waals surface area contributed by atoms with Crippen LogP contribution in [0.4, 0.5) is 23.3 Å². The highest BCUT2D eigenvalue weighted by Gasteiger charge is 2.09. The first kappa shape index (κ1) is 14.0. The average Bonchev–Trinajstić information content (AvgIpc) is 2.57. The summed E-state index contributed by atoms with van der Waals surface area (Å²) in [6.45, 7) is 0. The molecule has 4 rings (SSSR count). The van der Waals surface area contributed by atoms with Gasteiger partial charge in [0.1, 0.15) is 10.8 Å². The molecule has 0 radical (unpaired) electrons. The number of nitrogens with zero attached hydrogens (tertiary/aromatic N) is 3. The largest absolute Gasteiger partial charge is 0.339 e. The van der Waals surface area contributed by atoms with Gasteiger partial charge in [-0.1, -0.05) is 23.7 Å². The van der Waals surface area contributed by atoms with Crippen LogP contribution in [0, 0.1) is 0 Å². The van der Waals surface area contributed by atoms with Crippen molar-refractivity contribution in [2.75, 3.05) is 10.6 Å². The second kappa shape index (κ2) is 5.85. The SMILES string of the molecule is Clc1cnc2nc1Nc1cccc(c1)CCc1ccnc(c1)N2. The Hall–Kier alpha value is -2.66. The topological polar surface area (TPSA) is 62.7 Å². The lowest BCUT2D eigenvalue weighted by Crippen LogP contribution is -2.02. The van der Waals surface area contributed by atoms with Crippen molar-refractivity contribution in [3.8, 4) is 0 Å². The number of aromatic nitrogens is 3. The molecule has 0 unspecified atom stereocenters. The molecule has 23 heavy (non-hydrogen) atoms. The number of pyridine rings is 1. The Morgan fingerprint density at radius 1 is 0.957 bits per heavy atom. The summed E-state index contributed by atoms with van der Waals surface area (Å²) in [4.78, 5) is 13.0. The first-order chi connectivity index (χ1) is 11.3. The molecule has 3 aromatic rings. The highest BCUT2D eigenvalue weighted by atomic mass is 35.5. The van der Waals surface area contributed by atoms with E-state index in [1.54, 1.807) is 12.4 Å². The molecule has 2 N–H and O–H groups in total. The van der Waals surface area contributed by atoms with E-state index in [9.17, 15) is 0 Å². The smallest absolute Gasteiger partial charge is 0.230 e. The Bertz CT molecular complexity index is 865. The summed E-state index contributed by atoms with van der Waals surface area (Å²) in [5, 5.41) is 6.85. The molecule has 1 aliphatic heterocycles. The summed E-state index contributed by atoms with van der Waals surface area (Å²) in [7, 11) is 0. The number of hydrogen-bond acceptors (Lipinski definition) is 5. The quantitative estimate of drug-likeness (QED) is 0.652. The van der Waals surface area contributed by atoms with E-state index in [0.29, 0.717) is 16.8 Å². The summed E-state index contributed by atoms with van der Waals surface area (Å²) in [5.41, 5.74) is 3.43. The third-order valence-corrected chi connectivity index (χ3v) is 3.98. The fourth-order valence-corrected chi connectivity index (χ4v) is 2.70. The molecule has 1 aromatic carbocycles. The molecule has 0 saturated heterocycles. The molecule has 6 heteroatoms. The Balaban J connectivity index is 1.83. The normalized spacial score (nSPS) is 12.9. The fourth-order valence-electron chi connectivity index (χ4n) is 2.56. The first-order valence-electron chi connectivity index (χ1n) is 7.37. The van der Waals surface area contributed by atoms with Crippen molar-refractivity contribution in [3.05, 3.63) is 64.9 Å². The van der Waals surface area contributed by atoms with Crippen LogP contribution in [0.5, 0.6) is 0 Å². The predicted molar refractivity (Wildman–Crippen MR) is 91.7 cm³/mol. The second-order valence-electron chi connectivity index (χ2n) is 5.39. The maximum absolute atomic E-state index is 6.20. The molecule has 0 atom stereocenters. The van der Waals surface area contributed by atoms with Crippen LogP contribution in [0.3, 0.4) is 0 Å². The van der Waals surface area contributed by atoms with Crippen LogP contribution in [0.1, 0.15) is 11.1 Å². The molecule has 3 heterocycles. The summed E-state index contributed by atoms with van der Waals surface area (Å²) < 4.78 is 0. The van der Waals surface area contributed by atoms with E-state index < -0.39 is 0 Å². The van der Waals surface area contributed by atoms with Gasteiger partial charge in [0.25, 0.3) is 0 Å². The summed E-state index contributed by atoms with van der Waals surface area (Å²) >= 11 is 6.20. The molecule has 5 nitrogen and oxygen atoms in total. The molecule has 0 fully saturated rings. The van der Waals surface area contributed by atoms with Gasteiger partial charge in [0.2, 0.25) is 5.95 Å². The average molecular weight is 324 g/mol. The Labute approximate surface area is 138 Å². The molecule has 0 spiro atoms. The van der Waals surface area contributed by atoms with Crippen LogP contribution >= 0.6 is 11.6 Å². The molecule has 114 valence electrons. The fraction of sp³-hybridized carbons (Fsp3) is 0.118. The minimum Gasteiger partial charge on any atom is -0.339 e. The van der Waals surface area contributed by atoms with Crippen molar-refractivity contribution in [1.29, 1.82) is 0 Å². The van der Waals surface area contributed by atoms with E-state index in [1.165, 1.54) is 11.1 Å². The minimum absolute atomic E-state index is 0.456. The van der Waals surface area contributed by atoms with Gasteiger partial charge in [-0.15, -0.1) is 0 Å². The number of anilines is 4. The third kappa shape index (κ3) is 3.10.